The Bertz CT molecular complexity index is 1230. The van der Waals surface area contributed by atoms with E-state index in [-0.39, 0.29) is 34.7 Å². The minimum absolute atomic E-state index is 0.00643. The number of hydrogen-bond acceptors (Lipinski definition) is 7. The highest BCUT2D eigenvalue weighted by Gasteiger charge is 2.38. The fourth-order valence-corrected chi connectivity index (χ4v) is 5.39. The minimum atomic E-state index is -4.64. The number of aromatic amines is 1. The van der Waals surface area contributed by atoms with Crippen molar-refractivity contribution in [3.05, 3.63) is 45.8 Å². The van der Waals surface area contributed by atoms with Crippen molar-refractivity contribution >= 4 is 23.2 Å². The summed E-state index contributed by atoms with van der Waals surface area (Å²) < 4.78 is 41.9. The van der Waals surface area contributed by atoms with Crippen LogP contribution in [0.15, 0.2) is 24.0 Å². The highest BCUT2D eigenvalue weighted by atomic mass is 32.1. The molecule has 12 heteroatoms. The molecule has 0 spiro atoms. The minimum Gasteiger partial charge on any atom is -0.356 e. The van der Waals surface area contributed by atoms with Crippen molar-refractivity contribution in [3.8, 4) is 11.3 Å². The van der Waals surface area contributed by atoms with Gasteiger partial charge in [-0.3, -0.25) is 4.79 Å². The zero-order chi connectivity index (χ0) is 25.5. The number of H-pyrrole nitrogens is 1. The van der Waals surface area contributed by atoms with Gasteiger partial charge in [0.05, 0.1) is 12.2 Å². The Morgan fingerprint density at radius 2 is 2.14 bits per heavy atom. The second kappa shape index (κ2) is 9.47. The number of aromatic nitrogens is 4. The second-order valence-corrected chi connectivity index (χ2v) is 10.9. The predicted octanol–water partition coefficient (Wildman–Crippen LogP) is 4.48. The molecule has 36 heavy (non-hydrogen) atoms. The van der Waals surface area contributed by atoms with Gasteiger partial charge in [-0.15, -0.1) is 11.3 Å². The SMILES string of the molecule is CC1(C)CCC(Nc2ncc(C(F)(F)F)c(-c3c[nH]c4c3CCCN(Cc3nccs3)C4=O)n2)CN1. The first kappa shape index (κ1) is 24.7. The van der Waals surface area contributed by atoms with Gasteiger partial charge in [0, 0.05) is 54.2 Å². The summed E-state index contributed by atoms with van der Waals surface area (Å²) in [6.45, 7) is 5.76. The van der Waals surface area contributed by atoms with Crippen LogP contribution < -0.4 is 10.6 Å². The van der Waals surface area contributed by atoms with Crippen LogP contribution in [-0.4, -0.2) is 55.4 Å². The summed E-state index contributed by atoms with van der Waals surface area (Å²) in [4.78, 5) is 30.5. The Morgan fingerprint density at radius 1 is 1.31 bits per heavy atom. The average Bonchev–Trinajstić information content (AvgIpc) is 3.46. The third kappa shape index (κ3) is 5.10. The van der Waals surface area contributed by atoms with Crippen LogP contribution in [-0.2, 0) is 19.1 Å². The normalized spacial score (nSPS) is 20.2. The van der Waals surface area contributed by atoms with Gasteiger partial charge in [-0.1, -0.05) is 0 Å². The number of anilines is 1. The predicted molar refractivity (Wildman–Crippen MR) is 131 cm³/mol. The number of amides is 1. The van der Waals surface area contributed by atoms with Crippen molar-refractivity contribution in [2.45, 2.75) is 63.8 Å². The first-order chi connectivity index (χ1) is 17.1. The van der Waals surface area contributed by atoms with E-state index in [0.717, 1.165) is 24.0 Å². The van der Waals surface area contributed by atoms with E-state index in [1.165, 1.54) is 17.5 Å². The van der Waals surface area contributed by atoms with E-state index in [2.05, 4.69) is 44.4 Å². The molecule has 5 rings (SSSR count). The molecular weight excluding hydrogens is 491 g/mol. The average molecular weight is 520 g/mol. The number of nitrogens with one attached hydrogen (secondary N) is 3. The van der Waals surface area contributed by atoms with Crippen LogP contribution in [0.5, 0.6) is 0 Å². The molecule has 3 aromatic rings. The maximum Gasteiger partial charge on any atom is 0.419 e. The highest BCUT2D eigenvalue weighted by Crippen LogP contribution is 2.39. The molecule has 0 radical (unpaired) electrons. The van der Waals surface area contributed by atoms with E-state index in [1.807, 2.05) is 5.38 Å². The Balaban J connectivity index is 1.46. The number of alkyl halides is 3. The summed E-state index contributed by atoms with van der Waals surface area (Å²) in [6, 6.07) is 0.00643. The quantitative estimate of drug-likeness (QED) is 0.460. The van der Waals surface area contributed by atoms with Crippen LogP contribution in [0, 0.1) is 0 Å². The van der Waals surface area contributed by atoms with Gasteiger partial charge in [0.2, 0.25) is 5.95 Å². The molecule has 0 aromatic carbocycles. The van der Waals surface area contributed by atoms with Gasteiger partial charge in [0.15, 0.2) is 0 Å². The first-order valence-electron chi connectivity index (χ1n) is 11.9. The molecule has 5 heterocycles. The molecule has 3 N–H and O–H groups in total. The first-order valence-corrected chi connectivity index (χ1v) is 12.8. The third-order valence-corrected chi connectivity index (χ3v) is 7.54. The smallest absolute Gasteiger partial charge is 0.356 e. The Kier molecular flexibility index (Phi) is 6.50. The molecule has 1 amide bonds. The Hall–Kier alpha value is -2.99. The molecule has 3 aromatic heterocycles. The molecule has 2 aliphatic rings. The number of fused-ring (bicyclic) bond motifs is 1. The number of thiazole rings is 1. The van der Waals surface area contributed by atoms with Gasteiger partial charge >= 0.3 is 6.18 Å². The topological polar surface area (TPSA) is 98.8 Å². The summed E-state index contributed by atoms with van der Waals surface area (Å²) in [5.41, 5.74) is 0.0244. The summed E-state index contributed by atoms with van der Waals surface area (Å²) in [6.07, 6.45) is 2.19. The molecule has 0 saturated carbocycles. The molecule has 1 saturated heterocycles. The van der Waals surface area contributed by atoms with Gasteiger partial charge in [0.25, 0.3) is 5.91 Å². The van der Waals surface area contributed by atoms with Crippen LogP contribution in [0.25, 0.3) is 11.3 Å². The molecule has 0 bridgehead atoms. The number of carbonyl (C=O) groups is 1. The Morgan fingerprint density at radius 3 is 2.83 bits per heavy atom. The van der Waals surface area contributed by atoms with E-state index >= 15 is 0 Å². The van der Waals surface area contributed by atoms with E-state index in [4.69, 9.17) is 0 Å². The Labute approximate surface area is 210 Å². The maximum absolute atomic E-state index is 14.0. The summed E-state index contributed by atoms with van der Waals surface area (Å²) >= 11 is 1.46. The lowest BCUT2D eigenvalue weighted by molar-refractivity contribution is -0.137. The lowest BCUT2D eigenvalue weighted by Gasteiger charge is -2.36. The molecule has 1 fully saturated rings. The van der Waals surface area contributed by atoms with Gasteiger partial charge < -0.3 is 20.5 Å². The van der Waals surface area contributed by atoms with Crippen molar-refractivity contribution in [2.24, 2.45) is 0 Å². The molecule has 1 unspecified atom stereocenters. The standard InChI is InChI=1S/C24H28F3N7OS/c1-23(2)6-5-14(10-31-23)32-22-30-12-17(24(25,26)27)19(33-22)16-11-29-20-15(16)4-3-8-34(21(20)35)13-18-28-7-9-36-18/h7,9,11-12,14,29,31H,3-6,8,10,13H2,1-2H3,(H,30,32,33). The zero-order valence-electron chi connectivity index (χ0n) is 20.1. The molecule has 2 aliphatic heterocycles. The van der Waals surface area contributed by atoms with Crippen LogP contribution in [0.3, 0.4) is 0 Å². The van der Waals surface area contributed by atoms with Crippen LogP contribution >= 0.6 is 11.3 Å². The van der Waals surface area contributed by atoms with Crippen LogP contribution in [0.4, 0.5) is 19.1 Å². The second-order valence-electron chi connectivity index (χ2n) is 9.91. The largest absolute Gasteiger partial charge is 0.419 e. The molecule has 0 aliphatic carbocycles. The van der Waals surface area contributed by atoms with E-state index in [0.29, 0.717) is 43.7 Å². The lowest BCUT2D eigenvalue weighted by Crippen LogP contribution is -2.50. The van der Waals surface area contributed by atoms with Crippen LogP contribution in [0.1, 0.15) is 59.7 Å². The number of piperidine rings is 1. The van der Waals surface area contributed by atoms with Crippen LogP contribution in [0.2, 0.25) is 0 Å². The monoisotopic (exact) mass is 519 g/mol. The van der Waals surface area contributed by atoms with Crippen molar-refractivity contribution in [2.75, 3.05) is 18.4 Å². The molecule has 192 valence electrons. The van der Waals surface area contributed by atoms with Crippen molar-refractivity contribution in [3.63, 3.8) is 0 Å². The summed E-state index contributed by atoms with van der Waals surface area (Å²) in [5, 5.41) is 9.28. The van der Waals surface area contributed by atoms with Gasteiger partial charge in [-0.05, 0) is 45.1 Å². The number of hydrogen-bond donors (Lipinski definition) is 3. The maximum atomic E-state index is 14.0. The zero-order valence-corrected chi connectivity index (χ0v) is 20.9. The molecule has 1 atom stereocenters. The van der Waals surface area contributed by atoms with Gasteiger partial charge in [0.1, 0.15) is 16.3 Å². The van der Waals surface area contributed by atoms with Crippen molar-refractivity contribution < 1.29 is 18.0 Å². The summed E-state index contributed by atoms with van der Waals surface area (Å²) in [7, 11) is 0. The lowest BCUT2D eigenvalue weighted by atomic mass is 9.91. The van der Waals surface area contributed by atoms with Gasteiger partial charge in [-0.25, -0.2) is 15.0 Å². The fourth-order valence-electron chi connectivity index (χ4n) is 4.76. The van der Waals surface area contributed by atoms with E-state index < -0.39 is 11.7 Å². The van der Waals surface area contributed by atoms with Crippen molar-refractivity contribution in [1.82, 2.24) is 30.2 Å². The summed E-state index contributed by atoms with van der Waals surface area (Å²) in [5.74, 6) is -0.106. The van der Waals surface area contributed by atoms with E-state index in [9.17, 15) is 18.0 Å². The number of carbonyl (C=O) groups excluding carboxylic acids is 1. The number of halogens is 3. The highest BCUT2D eigenvalue weighted by molar-refractivity contribution is 7.09. The third-order valence-electron chi connectivity index (χ3n) is 6.78. The van der Waals surface area contributed by atoms with E-state index in [1.54, 1.807) is 11.1 Å². The van der Waals surface area contributed by atoms with Crippen molar-refractivity contribution in [1.29, 1.82) is 0 Å². The fraction of sp³-hybridized carbons (Fsp3) is 0.500. The number of nitrogens with zero attached hydrogens (tertiary/aromatic N) is 4. The molecule has 8 nitrogen and oxygen atoms in total. The van der Waals surface area contributed by atoms with Gasteiger partial charge in [-0.2, -0.15) is 13.2 Å². The number of rotatable bonds is 5. The molecular formula is C24H28F3N7OS.